The Bertz CT molecular complexity index is 1290. The zero-order chi connectivity index (χ0) is 24.4. The molecule has 1 N–H and O–H groups in total. The molecule has 0 amide bonds. The number of fused-ring (bicyclic) bond motifs is 1. The number of ether oxygens (including phenoxy) is 1. The monoisotopic (exact) mass is 466 g/mol. The molecular formula is C32H38N2O. The fourth-order valence-corrected chi connectivity index (χ4v) is 5.25. The average molecular weight is 467 g/mol. The van der Waals surface area contributed by atoms with Gasteiger partial charge in [0.05, 0.1) is 5.52 Å². The topological polar surface area (TPSA) is 26.2 Å². The van der Waals surface area contributed by atoms with Gasteiger partial charge in [-0.3, -0.25) is 0 Å². The van der Waals surface area contributed by atoms with Gasteiger partial charge >= 0.3 is 0 Å². The molecule has 0 aliphatic carbocycles. The van der Waals surface area contributed by atoms with Gasteiger partial charge in [-0.15, -0.1) is 0 Å². The summed E-state index contributed by atoms with van der Waals surface area (Å²) in [7, 11) is 0. The molecule has 4 aromatic rings. The lowest BCUT2D eigenvalue weighted by atomic mass is 9.87. The standard InChI is InChI=1S/C32H38N2O/c1-23-6-5-7-25(18-23)22-35-28-12-13-29-30(26-14-16-33-17-15-26)21-34(31(29)19-28)20-24-8-10-27(11-9-24)32(2,3)4/h5-13,18-19,21,26,33H,14-17,20,22H2,1-4H3. The van der Waals surface area contributed by atoms with Crippen molar-refractivity contribution in [1.82, 2.24) is 9.88 Å². The van der Waals surface area contributed by atoms with E-state index in [0.717, 1.165) is 25.4 Å². The zero-order valence-corrected chi connectivity index (χ0v) is 21.6. The first-order valence-electron chi connectivity index (χ1n) is 13.0. The van der Waals surface area contributed by atoms with Crippen molar-refractivity contribution in [2.24, 2.45) is 0 Å². The van der Waals surface area contributed by atoms with Gasteiger partial charge in [-0.25, -0.2) is 0 Å². The van der Waals surface area contributed by atoms with Gasteiger partial charge in [0.1, 0.15) is 12.4 Å². The third-order valence-corrected chi connectivity index (χ3v) is 7.32. The van der Waals surface area contributed by atoms with Crippen molar-refractivity contribution in [2.75, 3.05) is 13.1 Å². The fraction of sp³-hybridized carbons (Fsp3) is 0.375. The summed E-state index contributed by atoms with van der Waals surface area (Å²) in [5, 5.41) is 4.88. The summed E-state index contributed by atoms with van der Waals surface area (Å²) in [5.41, 5.74) is 8.09. The molecule has 35 heavy (non-hydrogen) atoms. The van der Waals surface area contributed by atoms with Crippen molar-refractivity contribution >= 4 is 10.9 Å². The molecular weight excluding hydrogens is 428 g/mol. The molecule has 2 heterocycles. The summed E-state index contributed by atoms with van der Waals surface area (Å²) in [4.78, 5) is 0. The lowest BCUT2D eigenvalue weighted by Crippen LogP contribution is -2.26. The highest BCUT2D eigenvalue weighted by Crippen LogP contribution is 2.35. The highest BCUT2D eigenvalue weighted by molar-refractivity contribution is 5.86. The first-order valence-corrected chi connectivity index (χ1v) is 13.0. The number of aryl methyl sites for hydroxylation is 1. The van der Waals surface area contributed by atoms with Crippen LogP contribution in [-0.4, -0.2) is 17.7 Å². The Kier molecular flexibility index (Phi) is 6.71. The van der Waals surface area contributed by atoms with Crippen LogP contribution in [0.2, 0.25) is 0 Å². The van der Waals surface area contributed by atoms with Crippen LogP contribution in [0.3, 0.4) is 0 Å². The van der Waals surface area contributed by atoms with E-state index in [2.05, 4.69) is 111 Å². The third kappa shape index (κ3) is 5.46. The van der Waals surface area contributed by atoms with Gasteiger partial charge < -0.3 is 14.6 Å². The van der Waals surface area contributed by atoms with Crippen LogP contribution in [0.5, 0.6) is 5.75 Å². The number of aromatic nitrogens is 1. The smallest absolute Gasteiger partial charge is 0.121 e. The minimum atomic E-state index is 0.171. The lowest BCUT2D eigenvalue weighted by molar-refractivity contribution is 0.306. The van der Waals surface area contributed by atoms with E-state index in [1.54, 1.807) is 0 Å². The molecule has 1 aliphatic heterocycles. The van der Waals surface area contributed by atoms with Crippen molar-refractivity contribution in [3.05, 3.63) is 101 Å². The number of nitrogens with one attached hydrogen (secondary N) is 1. The van der Waals surface area contributed by atoms with Crippen molar-refractivity contribution in [3.8, 4) is 5.75 Å². The molecule has 3 aromatic carbocycles. The second-order valence-corrected chi connectivity index (χ2v) is 11.1. The number of hydrogen-bond donors (Lipinski definition) is 1. The fourth-order valence-electron chi connectivity index (χ4n) is 5.25. The second-order valence-electron chi connectivity index (χ2n) is 11.1. The number of hydrogen-bond acceptors (Lipinski definition) is 2. The van der Waals surface area contributed by atoms with Gasteiger partial charge in [-0.05, 0) is 78.6 Å². The minimum absolute atomic E-state index is 0.171. The summed E-state index contributed by atoms with van der Waals surface area (Å²) in [6.07, 6.45) is 4.80. The van der Waals surface area contributed by atoms with Crippen LogP contribution in [0.15, 0.2) is 72.9 Å². The van der Waals surface area contributed by atoms with E-state index in [-0.39, 0.29) is 5.41 Å². The Labute approximate surface area is 210 Å². The minimum Gasteiger partial charge on any atom is -0.489 e. The molecule has 1 aromatic heterocycles. The van der Waals surface area contributed by atoms with Gasteiger partial charge in [0, 0.05) is 24.2 Å². The molecule has 0 unspecified atom stereocenters. The molecule has 3 heteroatoms. The molecule has 0 saturated carbocycles. The molecule has 0 spiro atoms. The van der Waals surface area contributed by atoms with Crippen LogP contribution in [0.25, 0.3) is 10.9 Å². The van der Waals surface area contributed by atoms with Gasteiger partial charge in [0.25, 0.3) is 0 Å². The Morgan fingerprint density at radius 2 is 1.69 bits per heavy atom. The van der Waals surface area contributed by atoms with Crippen molar-refractivity contribution in [2.45, 2.75) is 65.0 Å². The van der Waals surface area contributed by atoms with Crippen LogP contribution in [0.1, 0.15) is 67.3 Å². The SMILES string of the molecule is Cc1cccc(COc2ccc3c(C4CCNCC4)cn(Cc4ccc(C(C)(C)C)cc4)c3c2)c1. The first kappa shape index (κ1) is 23.7. The summed E-state index contributed by atoms with van der Waals surface area (Å²) >= 11 is 0. The molecule has 1 aliphatic rings. The number of piperidine rings is 1. The van der Waals surface area contributed by atoms with E-state index < -0.39 is 0 Å². The van der Waals surface area contributed by atoms with Crippen molar-refractivity contribution in [3.63, 3.8) is 0 Å². The largest absolute Gasteiger partial charge is 0.489 e. The summed E-state index contributed by atoms with van der Waals surface area (Å²) < 4.78 is 8.67. The van der Waals surface area contributed by atoms with Crippen LogP contribution < -0.4 is 10.1 Å². The number of benzene rings is 3. The van der Waals surface area contributed by atoms with Crippen LogP contribution in [-0.2, 0) is 18.6 Å². The van der Waals surface area contributed by atoms with E-state index in [0.29, 0.717) is 12.5 Å². The first-order chi connectivity index (χ1) is 16.9. The summed E-state index contributed by atoms with van der Waals surface area (Å²) in [5.74, 6) is 1.54. The van der Waals surface area contributed by atoms with E-state index in [4.69, 9.17) is 4.74 Å². The third-order valence-electron chi connectivity index (χ3n) is 7.32. The Balaban J connectivity index is 1.46. The molecule has 5 rings (SSSR count). The van der Waals surface area contributed by atoms with Crippen molar-refractivity contribution in [1.29, 1.82) is 0 Å². The molecule has 0 atom stereocenters. The van der Waals surface area contributed by atoms with Crippen LogP contribution in [0, 0.1) is 6.92 Å². The van der Waals surface area contributed by atoms with Crippen LogP contribution >= 0.6 is 0 Å². The molecule has 0 radical (unpaired) electrons. The van der Waals surface area contributed by atoms with E-state index >= 15 is 0 Å². The molecule has 1 saturated heterocycles. The van der Waals surface area contributed by atoms with Gasteiger partial charge in [0.2, 0.25) is 0 Å². The van der Waals surface area contributed by atoms with Crippen LogP contribution in [0.4, 0.5) is 0 Å². The Hall–Kier alpha value is -3.04. The Morgan fingerprint density at radius 3 is 2.40 bits per heavy atom. The van der Waals surface area contributed by atoms with Crippen molar-refractivity contribution < 1.29 is 4.74 Å². The average Bonchev–Trinajstić information content (AvgIpc) is 3.21. The van der Waals surface area contributed by atoms with E-state index in [1.165, 1.54) is 51.6 Å². The van der Waals surface area contributed by atoms with Gasteiger partial charge in [0.15, 0.2) is 0 Å². The lowest BCUT2D eigenvalue weighted by Gasteiger charge is -2.22. The van der Waals surface area contributed by atoms with Gasteiger partial charge in [-0.2, -0.15) is 0 Å². The van der Waals surface area contributed by atoms with E-state index in [9.17, 15) is 0 Å². The predicted octanol–water partition coefficient (Wildman–Crippen LogP) is 7.34. The van der Waals surface area contributed by atoms with Gasteiger partial charge in [-0.1, -0.05) is 74.9 Å². The quantitative estimate of drug-likeness (QED) is 0.322. The Morgan fingerprint density at radius 1 is 0.914 bits per heavy atom. The highest BCUT2D eigenvalue weighted by Gasteiger charge is 2.21. The normalized spacial score (nSPS) is 15.0. The molecule has 0 bridgehead atoms. The maximum atomic E-state index is 6.24. The molecule has 1 fully saturated rings. The number of rotatable bonds is 6. The molecule has 3 nitrogen and oxygen atoms in total. The molecule has 182 valence electrons. The second kappa shape index (κ2) is 9.91. The predicted molar refractivity (Wildman–Crippen MR) is 147 cm³/mol. The maximum Gasteiger partial charge on any atom is 0.121 e. The summed E-state index contributed by atoms with van der Waals surface area (Å²) in [6, 6.07) is 24.3. The zero-order valence-electron chi connectivity index (χ0n) is 21.6. The number of nitrogens with zero attached hydrogens (tertiary/aromatic N) is 1. The summed E-state index contributed by atoms with van der Waals surface area (Å²) in [6.45, 7) is 12.6. The van der Waals surface area contributed by atoms with E-state index in [1.807, 2.05) is 0 Å². The maximum absolute atomic E-state index is 6.24. The highest BCUT2D eigenvalue weighted by atomic mass is 16.5.